The fraction of sp³-hybridized carbons (Fsp3) is 0.130. The highest BCUT2D eigenvalue weighted by atomic mass is 32.2. The average Bonchev–Trinajstić information content (AvgIpc) is 3.29. The van der Waals surface area contributed by atoms with Crippen LogP contribution in [0.3, 0.4) is 0 Å². The molecule has 4 N–H and O–H groups in total. The second-order valence-electron chi connectivity index (χ2n) is 7.04. The maximum Gasteiger partial charge on any atom is 0.338 e. The van der Waals surface area contributed by atoms with Crippen LogP contribution in [-0.4, -0.2) is 39.0 Å². The Labute approximate surface area is 201 Å². The summed E-state index contributed by atoms with van der Waals surface area (Å²) >= 11 is 0. The number of carbonyl (C=O) groups excluding carboxylic acids is 3. The van der Waals surface area contributed by atoms with Gasteiger partial charge >= 0.3 is 17.8 Å². The fourth-order valence-corrected chi connectivity index (χ4v) is 3.27. The van der Waals surface area contributed by atoms with Crippen LogP contribution >= 0.6 is 0 Å². The summed E-state index contributed by atoms with van der Waals surface area (Å²) < 4.78 is 33.0. The topological polar surface area (TPSA) is 170 Å². The summed E-state index contributed by atoms with van der Waals surface area (Å²) in [5.41, 5.74) is 1.15. The Balaban J connectivity index is 1.50. The highest BCUT2D eigenvalue weighted by Crippen LogP contribution is 2.16. The smallest absolute Gasteiger partial charge is 0.338 e. The molecule has 0 spiro atoms. The maximum atomic E-state index is 12.1. The number of nitrogens with one attached hydrogen (secondary N) is 2. The number of nitrogens with zero attached hydrogens (tertiary/aromatic N) is 1. The van der Waals surface area contributed by atoms with Crippen LogP contribution in [0.1, 0.15) is 28.8 Å². The van der Waals surface area contributed by atoms with Gasteiger partial charge in [0, 0.05) is 5.69 Å². The Morgan fingerprint density at radius 3 is 2.31 bits per heavy atom. The third-order valence-electron chi connectivity index (χ3n) is 4.47. The molecule has 12 heteroatoms. The zero-order valence-corrected chi connectivity index (χ0v) is 19.4. The first kappa shape index (κ1) is 25.3. The molecule has 182 valence electrons. The van der Waals surface area contributed by atoms with Gasteiger partial charge in [-0.15, -0.1) is 0 Å². The van der Waals surface area contributed by atoms with Gasteiger partial charge in [0.1, 0.15) is 11.5 Å². The van der Waals surface area contributed by atoms with Crippen LogP contribution in [0.5, 0.6) is 0 Å². The highest BCUT2D eigenvalue weighted by molar-refractivity contribution is 7.89. The Kier molecular flexibility index (Phi) is 8.12. The summed E-state index contributed by atoms with van der Waals surface area (Å²) in [5, 5.41) is 9.93. The number of carbonyl (C=O) groups is 3. The third-order valence-corrected chi connectivity index (χ3v) is 5.40. The molecule has 1 heterocycles. The molecule has 0 radical (unpaired) electrons. The summed E-state index contributed by atoms with van der Waals surface area (Å²) in [5.74, 6) is -1.47. The lowest BCUT2D eigenvalue weighted by Crippen LogP contribution is -2.34. The van der Waals surface area contributed by atoms with Gasteiger partial charge in [0.2, 0.25) is 10.0 Å². The van der Waals surface area contributed by atoms with Crippen LogP contribution in [0.25, 0.3) is 0 Å². The van der Waals surface area contributed by atoms with Crippen molar-refractivity contribution in [1.29, 1.82) is 0 Å². The van der Waals surface area contributed by atoms with E-state index in [1.807, 2.05) is 0 Å². The van der Waals surface area contributed by atoms with Gasteiger partial charge in [-0.05, 0) is 67.6 Å². The number of aliphatic imine (C=N–C) groups is 1. The number of anilines is 1. The van der Waals surface area contributed by atoms with Crippen molar-refractivity contribution in [3.05, 3.63) is 77.7 Å². The van der Waals surface area contributed by atoms with Crippen molar-refractivity contribution < 1.29 is 32.0 Å². The maximum absolute atomic E-state index is 12.1. The van der Waals surface area contributed by atoms with E-state index in [1.54, 1.807) is 19.1 Å². The van der Waals surface area contributed by atoms with E-state index in [2.05, 4.69) is 15.6 Å². The summed E-state index contributed by atoms with van der Waals surface area (Å²) in [7, 11) is -3.78. The number of benzene rings is 2. The Morgan fingerprint density at radius 1 is 1.00 bits per heavy atom. The Hall–Kier alpha value is -4.29. The number of primary sulfonamides is 1. The zero-order chi connectivity index (χ0) is 25.4. The average molecular weight is 499 g/mol. The van der Waals surface area contributed by atoms with Gasteiger partial charge in [-0.2, -0.15) is 0 Å². The molecule has 35 heavy (non-hydrogen) atoms. The number of ether oxygens (including phenoxy) is 1. The Bertz CT molecular complexity index is 1350. The van der Waals surface area contributed by atoms with Crippen molar-refractivity contribution in [2.24, 2.45) is 10.1 Å². The molecule has 3 rings (SSSR count). The van der Waals surface area contributed by atoms with E-state index in [4.69, 9.17) is 14.3 Å². The number of rotatable bonds is 8. The van der Waals surface area contributed by atoms with Crippen molar-refractivity contribution in [2.45, 2.75) is 18.4 Å². The van der Waals surface area contributed by atoms with Gasteiger partial charge in [0.05, 0.1) is 35.5 Å². The molecule has 0 fully saturated rings. The number of sulfonamides is 1. The van der Waals surface area contributed by atoms with E-state index in [-0.39, 0.29) is 18.0 Å². The van der Waals surface area contributed by atoms with E-state index < -0.39 is 27.8 Å². The van der Waals surface area contributed by atoms with Gasteiger partial charge < -0.3 is 19.8 Å². The van der Waals surface area contributed by atoms with Crippen LogP contribution in [0.4, 0.5) is 11.4 Å². The van der Waals surface area contributed by atoms with Crippen molar-refractivity contribution in [3.8, 4) is 0 Å². The number of nitrogens with two attached hydrogens (primary N) is 1. The van der Waals surface area contributed by atoms with Crippen molar-refractivity contribution in [3.63, 3.8) is 0 Å². The lowest BCUT2D eigenvalue weighted by Gasteiger charge is -2.06. The molecule has 2 aromatic carbocycles. The minimum absolute atomic E-state index is 0.0230. The van der Waals surface area contributed by atoms with Crippen LogP contribution < -0.4 is 15.8 Å². The van der Waals surface area contributed by atoms with Gasteiger partial charge in [0.15, 0.2) is 0 Å². The zero-order valence-electron chi connectivity index (χ0n) is 18.6. The minimum Gasteiger partial charge on any atom is -0.462 e. The normalized spacial score (nSPS) is 11.3. The highest BCUT2D eigenvalue weighted by Gasteiger charge is 2.15. The van der Waals surface area contributed by atoms with E-state index in [0.29, 0.717) is 28.5 Å². The standard InChI is InChI=1S/C23H22N4O7S/c1-2-33-23(30)15-3-5-17(6-4-15)27-22(29)21(28)26-14-19-10-9-18(34-19)13-25-16-7-11-20(12-8-16)35(24,31)32/h3-13H,2,14H2,1H3,(H,26,28)(H,27,29)(H2,24,31,32). The largest absolute Gasteiger partial charge is 0.462 e. The number of furan rings is 1. The number of hydrogen-bond acceptors (Lipinski definition) is 8. The summed E-state index contributed by atoms with van der Waals surface area (Å²) in [6.07, 6.45) is 1.42. The molecule has 0 saturated heterocycles. The van der Waals surface area contributed by atoms with Crippen LogP contribution in [-0.2, 0) is 30.9 Å². The van der Waals surface area contributed by atoms with E-state index in [1.165, 1.54) is 54.7 Å². The third kappa shape index (κ3) is 7.35. The van der Waals surface area contributed by atoms with Crippen LogP contribution in [0.15, 0.2) is 75.0 Å². The molecule has 0 aliphatic carbocycles. The quantitative estimate of drug-likeness (QED) is 0.242. The van der Waals surface area contributed by atoms with Gasteiger partial charge in [0.25, 0.3) is 0 Å². The SMILES string of the molecule is CCOC(=O)c1ccc(NC(=O)C(=O)NCc2ccc(C=Nc3ccc(S(N)(=O)=O)cc3)o2)cc1. The minimum atomic E-state index is -3.78. The molecule has 2 amide bonds. The first-order valence-electron chi connectivity index (χ1n) is 10.3. The van der Waals surface area contributed by atoms with Crippen molar-refractivity contribution in [2.75, 3.05) is 11.9 Å². The van der Waals surface area contributed by atoms with Crippen molar-refractivity contribution in [1.82, 2.24) is 5.32 Å². The predicted octanol–water partition coefficient (Wildman–Crippen LogP) is 2.11. The second-order valence-corrected chi connectivity index (χ2v) is 8.60. The summed E-state index contributed by atoms with van der Waals surface area (Å²) in [6.45, 7) is 1.91. The van der Waals surface area contributed by atoms with Crippen molar-refractivity contribution >= 4 is 45.4 Å². The van der Waals surface area contributed by atoms with E-state index in [9.17, 15) is 22.8 Å². The lowest BCUT2D eigenvalue weighted by atomic mass is 10.2. The molecule has 3 aromatic rings. The lowest BCUT2D eigenvalue weighted by molar-refractivity contribution is -0.136. The first-order chi connectivity index (χ1) is 16.7. The number of esters is 1. The molecule has 0 unspecified atom stereocenters. The van der Waals surface area contributed by atoms with Crippen LogP contribution in [0, 0.1) is 0 Å². The molecule has 0 aliphatic rings. The fourth-order valence-electron chi connectivity index (χ4n) is 2.76. The Morgan fingerprint density at radius 2 is 1.69 bits per heavy atom. The molecular formula is C23H22N4O7S. The first-order valence-corrected chi connectivity index (χ1v) is 11.8. The molecular weight excluding hydrogens is 476 g/mol. The molecule has 1 aromatic heterocycles. The van der Waals surface area contributed by atoms with Gasteiger partial charge in [-0.1, -0.05) is 0 Å². The van der Waals surface area contributed by atoms with Gasteiger partial charge in [-0.3, -0.25) is 14.6 Å². The molecule has 0 bridgehead atoms. The van der Waals surface area contributed by atoms with E-state index in [0.717, 1.165) is 0 Å². The van der Waals surface area contributed by atoms with Crippen LogP contribution in [0.2, 0.25) is 0 Å². The van der Waals surface area contributed by atoms with E-state index >= 15 is 0 Å². The molecule has 0 saturated carbocycles. The number of amides is 2. The monoisotopic (exact) mass is 498 g/mol. The van der Waals surface area contributed by atoms with Gasteiger partial charge in [-0.25, -0.2) is 18.4 Å². The second kappa shape index (κ2) is 11.2. The summed E-state index contributed by atoms with van der Waals surface area (Å²) in [6, 6.07) is 14.8. The molecule has 11 nitrogen and oxygen atoms in total. The predicted molar refractivity (Wildman–Crippen MR) is 127 cm³/mol. The molecule has 0 atom stereocenters. The number of hydrogen-bond donors (Lipinski definition) is 3. The molecule has 0 aliphatic heterocycles. The summed E-state index contributed by atoms with van der Waals surface area (Å²) in [4.78, 5) is 40.0.